The summed E-state index contributed by atoms with van der Waals surface area (Å²) in [7, 11) is 0. The van der Waals surface area contributed by atoms with Crippen molar-refractivity contribution in [2.75, 3.05) is 5.32 Å². The van der Waals surface area contributed by atoms with Crippen LogP contribution in [-0.2, 0) is 9.59 Å². The van der Waals surface area contributed by atoms with Crippen molar-refractivity contribution >= 4 is 17.6 Å². The van der Waals surface area contributed by atoms with E-state index in [-0.39, 0.29) is 23.1 Å². The van der Waals surface area contributed by atoms with Gasteiger partial charge in [-0.25, -0.2) is 13.6 Å². The summed E-state index contributed by atoms with van der Waals surface area (Å²) in [6.07, 6.45) is 0. The molecular weight excluding hydrogens is 336 g/mol. The number of carbonyl (C=O) groups is 2. The molecule has 2 rings (SSSR count). The summed E-state index contributed by atoms with van der Waals surface area (Å²) in [6.45, 7) is 3.64. The van der Waals surface area contributed by atoms with Crippen LogP contribution in [0.1, 0.15) is 25.3 Å². The van der Waals surface area contributed by atoms with E-state index in [0.29, 0.717) is 5.56 Å². The minimum absolute atomic E-state index is 0.0104. The molecule has 0 aliphatic heterocycles. The summed E-state index contributed by atoms with van der Waals surface area (Å²) >= 11 is 0. The maximum absolute atomic E-state index is 14.1. The first kappa shape index (κ1) is 18.2. The van der Waals surface area contributed by atoms with E-state index in [4.69, 9.17) is 9.84 Å². The van der Waals surface area contributed by atoms with Crippen molar-refractivity contribution in [3.05, 3.63) is 47.5 Å². The molecule has 0 radical (unpaired) electrons. The standard InChI is InChI=1S/C17H15F2NO5/c1-8(2)11-7-10(21)3-4-14(11)25-15-12(18)5-9(6-13(15)19)20-16(22)17(23)24/h3-8,21H,1-2H3,(H,20,22)(H,23,24). The Morgan fingerprint density at radius 3 is 2.24 bits per heavy atom. The summed E-state index contributed by atoms with van der Waals surface area (Å²) in [6, 6.07) is 5.61. The highest BCUT2D eigenvalue weighted by molar-refractivity contribution is 6.36. The van der Waals surface area contributed by atoms with E-state index in [0.717, 1.165) is 12.1 Å². The third kappa shape index (κ3) is 4.23. The first-order chi connectivity index (χ1) is 11.7. The summed E-state index contributed by atoms with van der Waals surface area (Å²) in [5.41, 5.74) is 0.187. The van der Waals surface area contributed by atoms with Crippen LogP contribution in [0.5, 0.6) is 17.2 Å². The van der Waals surface area contributed by atoms with E-state index in [1.165, 1.54) is 18.2 Å². The van der Waals surface area contributed by atoms with Crippen LogP contribution >= 0.6 is 0 Å². The number of hydrogen-bond acceptors (Lipinski definition) is 4. The maximum atomic E-state index is 14.1. The van der Waals surface area contributed by atoms with Crippen LogP contribution in [0.3, 0.4) is 0 Å². The molecule has 1 amide bonds. The van der Waals surface area contributed by atoms with Crippen LogP contribution in [-0.4, -0.2) is 22.1 Å². The fraction of sp³-hybridized carbons (Fsp3) is 0.176. The Hall–Kier alpha value is -3.16. The molecule has 0 unspecified atom stereocenters. The van der Waals surface area contributed by atoms with Gasteiger partial charge in [-0.1, -0.05) is 13.8 Å². The number of aromatic hydroxyl groups is 1. The quantitative estimate of drug-likeness (QED) is 0.732. The molecule has 6 nitrogen and oxygen atoms in total. The number of carboxylic acid groups (broad SMARTS) is 1. The molecule has 0 spiro atoms. The van der Waals surface area contributed by atoms with Crippen molar-refractivity contribution in [2.24, 2.45) is 0 Å². The first-order valence-corrected chi connectivity index (χ1v) is 7.23. The molecule has 8 heteroatoms. The van der Waals surface area contributed by atoms with Crippen LogP contribution in [0.15, 0.2) is 30.3 Å². The Bertz CT molecular complexity index is 813. The first-order valence-electron chi connectivity index (χ1n) is 7.23. The number of amides is 1. The summed E-state index contributed by atoms with van der Waals surface area (Å²) in [5.74, 6) is -6.09. The monoisotopic (exact) mass is 351 g/mol. The third-order valence-corrected chi connectivity index (χ3v) is 3.28. The number of phenols is 1. The normalized spacial score (nSPS) is 10.6. The Morgan fingerprint density at radius 1 is 1.12 bits per heavy atom. The Balaban J connectivity index is 2.35. The minimum Gasteiger partial charge on any atom is -0.508 e. The van der Waals surface area contributed by atoms with E-state index in [1.807, 2.05) is 19.2 Å². The molecule has 25 heavy (non-hydrogen) atoms. The van der Waals surface area contributed by atoms with Gasteiger partial charge in [0.05, 0.1) is 0 Å². The lowest BCUT2D eigenvalue weighted by Crippen LogP contribution is -2.22. The molecule has 0 heterocycles. The number of hydrogen-bond donors (Lipinski definition) is 3. The van der Waals surface area contributed by atoms with E-state index >= 15 is 0 Å². The number of halogens is 2. The second-order valence-corrected chi connectivity index (χ2v) is 5.51. The van der Waals surface area contributed by atoms with Crippen molar-refractivity contribution in [3.8, 4) is 17.2 Å². The highest BCUT2D eigenvalue weighted by Crippen LogP contribution is 2.36. The van der Waals surface area contributed by atoms with Gasteiger partial charge in [-0.05, 0) is 24.1 Å². The fourth-order valence-electron chi connectivity index (χ4n) is 2.10. The zero-order chi connectivity index (χ0) is 18.7. The lowest BCUT2D eigenvalue weighted by Gasteiger charge is -2.15. The van der Waals surface area contributed by atoms with Crippen LogP contribution in [0, 0.1) is 11.6 Å². The second kappa shape index (κ2) is 7.16. The molecule has 0 aliphatic rings. The number of aliphatic carboxylic acids is 1. The van der Waals surface area contributed by atoms with Gasteiger partial charge in [-0.2, -0.15) is 0 Å². The number of phenolic OH excluding ortho intramolecular Hbond substituents is 1. The average Bonchev–Trinajstić information content (AvgIpc) is 2.51. The molecule has 0 saturated heterocycles. The van der Waals surface area contributed by atoms with Crippen LogP contribution in [0.25, 0.3) is 0 Å². The van der Waals surface area contributed by atoms with Gasteiger partial charge in [0.25, 0.3) is 0 Å². The molecule has 2 aromatic carbocycles. The third-order valence-electron chi connectivity index (χ3n) is 3.28. The van der Waals surface area contributed by atoms with Crippen LogP contribution in [0.2, 0.25) is 0 Å². The minimum atomic E-state index is -1.79. The van der Waals surface area contributed by atoms with E-state index in [9.17, 15) is 23.5 Å². The molecule has 0 aromatic heterocycles. The predicted molar refractivity (Wildman–Crippen MR) is 84.9 cm³/mol. The second-order valence-electron chi connectivity index (χ2n) is 5.51. The van der Waals surface area contributed by atoms with Gasteiger partial charge in [0.2, 0.25) is 0 Å². The smallest absolute Gasteiger partial charge is 0.394 e. The SMILES string of the molecule is CC(C)c1cc(O)ccc1Oc1c(F)cc(NC(=O)C(=O)O)cc1F. The van der Waals surface area contributed by atoms with Crippen molar-refractivity contribution in [3.63, 3.8) is 0 Å². The summed E-state index contributed by atoms with van der Waals surface area (Å²) in [5, 5.41) is 19.9. The molecule has 0 aliphatic carbocycles. The number of carboxylic acids is 1. The molecular formula is C17H15F2NO5. The largest absolute Gasteiger partial charge is 0.508 e. The lowest BCUT2D eigenvalue weighted by atomic mass is 10.0. The average molecular weight is 351 g/mol. The number of ether oxygens (including phenoxy) is 1. The number of benzene rings is 2. The molecule has 0 atom stereocenters. The van der Waals surface area contributed by atoms with Crippen LogP contribution in [0.4, 0.5) is 14.5 Å². The van der Waals surface area contributed by atoms with E-state index in [2.05, 4.69) is 0 Å². The molecule has 0 fully saturated rings. The number of anilines is 1. The summed E-state index contributed by atoms with van der Waals surface area (Å²) in [4.78, 5) is 21.5. The van der Waals surface area contributed by atoms with Gasteiger partial charge in [-0.15, -0.1) is 0 Å². The molecule has 0 saturated carbocycles. The maximum Gasteiger partial charge on any atom is 0.394 e. The van der Waals surface area contributed by atoms with Gasteiger partial charge in [0, 0.05) is 23.4 Å². The zero-order valence-electron chi connectivity index (χ0n) is 13.3. The molecule has 2 aromatic rings. The van der Waals surface area contributed by atoms with Crippen molar-refractivity contribution in [2.45, 2.75) is 19.8 Å². The van der Waals surface area contributed by atoms with E-state index in [1.54, 1.807) is 0 Å². The van der Waals surface area contributed by atoms with Gasteiger partial charge in [0.15, 0.2) is 17.4 Å². The Labute approximate surface area is 141 Å². The van der Waals surface area contributed by atoms with Gasteiger partial charge < -0.3 is 20.3 Å². The number of carbonyl (C=O) groups excluding carboxylic acids is 1. The van der Waals surface area contributed by atoms with Gasteiger partial charge in [0.1, 0.15) is 11.5 Å². The Morgan fingerprint density at radius 2 is 1.72 bits per heavy atom. The Kier molecular flexibility index (Phi) is 5.21. The number of rotatable bonds is 4. The van der Waals surface area contributed by atoms with Crippen molar-refractivity contribution in [1.82, 2.24) is 0 Å². The van der Waals surface area contributed by atoms with Crippen LogP contribution < -0.4 is 10.1 Å². The molecule has 3 N–H and O–H groups in total. The molecule has 0 bridgehead atoms. The van der Waals surface area contributed by atoms with Crippen molar-refractivity contribution < 1.29 is 33.3 Å². The highest BCUT2D eigenvalue weighted by Gasteiger charge is 2.19. The fourth-order valence-corrected chi connectivity index (χ4v) is 2.10. The number of nitrogens with one attached hydrogen (secondary N) is 1. The lowest BCUT2D eigenvalue weighted by molar-refractivity contribution is -0.147. The topological polar surface area (TPSA) is 95.9 Å². The molecule has 132 valence electrons. The van der Waals surface area contributed by atoms with Crippen molar-refractivity contribution in [1.29, 1.82) is 0 Å². The van der Waals surface area contributed by atoms with Gasteiger partial charge in [-0.3, -0.25) is 4.79 Å². The highest BCUT2D eigenvalue weighted by atomic mass is 19.1. The zero-order valence-corrected chi connectivity index (χ0v) is 13.3. The van der Waals surface area contributed by atoms with E-state index < -0.39 is 29.3 Å². The predicted octanol–water partition coefficient (Wildman–Crippen LogP) is 3.61. The summed E-state index contributed by atoms with van der Waals surface area (Å²) < 4.78 is 33.6. The van der Waals surface area contributed by atoms with Gasteiger partial charge >= 0.3 is 11.9 Å².